The van der Waals surface area contributed by atoms with Crippen LogP contribution in [0, 0.1) is 0 Å². The van der Waals surface area contributed by atoms with Gasteiger partial charge in [-0.25, -0.2) is 4.79 Å². The fourth-order valence-electron chi connectivity index (χ4n) is 3.28. The number of carbonyl (C=O) groups excluding carboxylic acids is 3. The van der Waals surface area contributed by atoms with E-state index in [1.165, 1.54) is 12.1 Å². The van der Waals surface area contributed by atoms with Gasteiger partial charge >= 0.3 is 17.9 Å². The number of aryl methyl sites for hydroxylation is 1. The molecule has 1 amide bonds. The van der Waals surface area contributed by atoms with Crippen molar-refractivity contribution in [3.8, 4) is 11.5 Å². The number of aliphatic carboxylic acids is 1. The van der Waals surface area contributed by atoms with Crippen LogP contribution in [0.2, 0.25) is 0 Å². The second kappa shape index (κ2) is 14.4. The standard InChI is InChI=1S/C26H31NO8/c1-2-34-26(33)22(17-19-7-12-20(28)13-8-19)27-23(29)16-11-18-9-14-21(15-10-18)35-25(32)6-4-3-5-24(30)31/h7-10,12-15,22,28H,2-6,11,16-17H2,1H3,(H,27,29)(H,30,31)/t22-/m0/s1. The first-order chi connectivity index (χ1) is 16.8. The minimum absolute atomic E-state index is 0.0207. The lowest BCUT2D eigenvalue weighted by Crippen LogP contribution is -2.43. The molecular weight excluding hydrogens is 454 g/mol. The molecule has 188 valence electrons. The van der Waals surface area contributed by atoms with Crippen molar-refractivity contribution in [2.75, 3.05) is 6.61 Å². The Morgan fingerprint density at radius 1 is 0.886 bits per heavy atom. The minimum Gasteiger partial charge on any atom is -0.508 e. The van der Waals surface area contributed by atoms with Crippen molar-refractivity contribution in [2.24, 2.45) is 0 Å². The Bertz CT molecular complexity index is 985. The summed E-state index contributed by atoms with van der Waals surface area (Å²) in [5.74, 6) is -1.67. The Balaban J connectivity index is 1.82. The van der Waals surface area contributed by atoms with Gasteiger partial charge in [-0.2, -0.15) is 0 Å². The molecule has 9 nitrogen and oxygen atoms in total. The molecule has 0 saturated carbocycles. The SMILES string of the molecule is CCOC(=O)[C@H](Cc1ccc(O)cc1)NC(=O)CCc1ccc(OC(=O)CCCCC(=O)O)cc1. The van der Waals surface area contributed by atoms with Gasteiger partial charge in [-0.3, -0.25) is 14.4 Å². The number of esters is 2. The first-order valence-electron chi connectivity index (χ1n) is 11.5. The molecule has 35 heavy (non-hydrogen) atoms. The largest absolute Gasteiger partial charge is 0.508 e. The normalized spacial score (nSPS) is 11.3. The Hall–Kier alpha value is -3.88. The average molecular weight is 486 g/mol. The molecule has 0 unspecified atom stereocenters. The fourth-order valence-corrected chi connectivity index (χ4v) is 3.28. The molecule has 0 spiro atoms. The van der Waals surface area contributed by atoms with Crippen molar-refractivity contribution >= 4 is 23.8 Å². The predicted molar refractivity (Wildman–Crippen MR) is 127 cm³/mol. The highest BCUT2D eigenvalue weighted by Crippen LogP contribution is 2.16. The average Bonchev–Trinajstić information content (AvgIpc) is 2.82. The monoisotopic (exact) mass is 485 g/mol. The Labute approximate surface area is 204 Å². The number of phenolic OH excluding ortho intramolecular Hbond substituents is 1. The van der Waals surface area contributed by atoms with E-state index in [1.807, 2.05) is 0 Å². The lowest BCUT2D eigenvalue weighted by Gasteiger charge is -2.17. The number of carboxylic acid groups (broad SMARTS) is 1. The molecule has 0 radical (unpaired) electrons. The van der Waals surface area contributed by atoms with Crippen molar-refractivity contribution in [2.45, 2.75) is 57.9 Å². The molecular formula is C26H31NO8. The molecule has 2 aromatic rings. The summed E-state index contributed by atoms with van der Waals surface area (Å²) in [7, 11) is 0. The van der Waals surface area contributed by atoms with E-state index < -0.39 is 23.9 Å². The number of unbranched alkanes of at least 4 members (excludes halogenated alkanes) is 1. The molecule has 9 heteroatoms. The third-order valence-corrected chi connectivity index (χ3v) is 5.10. The maximum atomic E-state index is 12.5. The highest BCUT2D eigenvalue weighted by Gasteiger charge is 2.22. The van der Waals surface area contributed by atoms with Crippen LogP contribution in [-0.4, -0.2) is 46.7 Å². The molecule has 0 aliphatic heterocycles. The summed E-state index contributed by atoms with van der Waals surface area (Å²) in [6, 6.07) is 12.3. The summed E-state index contributed by atoms with van der Waals surface area (Å²) < 4.78 is 10.3. The van der Waals surface area contributed by atoms with Crippen LogP contribution in [-0.2, 0) is 36.8 Å². The van der Waals surface area contributed by atoms with Gasteiger partial charge in [-0.15, -0.1) is 0 Å². The summed E-state index contributed by atoms with van der Waals surface area (Å²) in [6.07, 6.45) is 1.82. The van der Waals surface area contributed by atoms with E-state index in [0.717, 1.165) is 11.1 Å². The number of rotatable bonds is 14. The van der Waals surface area contributed by atoms with Crippen molar-refractivity contribution < 1.29 is 38.9 Å². The van der Waals surface area contributed by atoms with Gasteiger partial charge in [0.15, 0.2) is 0 Å². The molecule has 0 saturated heterocycles. The van der Waals surface area contributed by atoms with Gasteiger partial charge in [0, 0.05) is 25.7 Å². The number of hydrogen-bond donors (Lipinski definition) is 3. The van der Waals surface area contributed by atoms with Crippen molar-refractivity contribution in [1.82, 2.24) is 5.32 Å². The number of carboxylic acids is 1. The third kappa shape index (κ3) is 10.7. The molecule has 2 rings (SSSR count). The van der Waals surface area contributed by atoms with Crippen LogP contribution in [0.5, 0.6) is 11.5 Å². The number of hydrogen-bond acceptors (Lipinski definition) is 7. The number of phenols is 1. The van der Waals surface area contributed by atoms with E-state index >= 15 is 0 Å². The van der Waals surface area contributed by atoms with Gasteiger partial charge in [0.05, 0.1) is 6.61 Å². The van der Waals surface area contributed by atoms with Gasteiger partial charge in [-0.05, 0) is 61.6 Å². The topological polar surface area (TPSA) is 139 Å². The van der Waals surface area contributed by atoms with Gasteiger partial charge in [0.2, 0.25) is 5.91 Å². The van der Waals surface area contributed by atoms with Crippen LogP contribution in [0.1, 0.15) is 50.2 Å². The summed E-state index contributed by atoms with van der Waals surface area (Å²) in [5.41, 5.74) is 1.63. The summed E-state index contributed by atoms with van der Waals surface area (Å²) >= 11 is 0. The van der Waals surface area contributed by atoms with Crippen LogP contribution in [0.4, 0.5) is 0 Å². The number of carbonyl (C=O) groups is 4. The molecule has 3 N–H and O–H groups in total. The second-order valence-electron chi connectivity index (χ2n) is 7.96. The maximum Gasteiger partial charge on any atom is 0.328 e. The predicted octanol–water partition coefficient (Wildman–Crippen LogP) is 3.17. The first kappa shape index (κ1) is 27.4. The Morgan fingerprint density at radius 2 is 1.51 bits per heavy atom. The van der Waals surface area contributed by atoms with Gasteiger partial charge in [-0.1, -0.05) is 24.3 Å². The zero-order chi connectivity index (χ0) is 25.6. The van der Waals surface area contributed by atoms with Crippen molar-refractivity contribution in [1.29, 1.82) is 0 Å². The molecule has 0 bridgehead atoms. The van der Waals surface area contributed by atoms with Crippen molar-refractivity contribution in [3.05, 3.63) is 59.7 Å². The van der Waals surface area contributed by atoms with Crippen LogP contribution in [0.3, 0.4) is 0 Å². The van der Waals surface area contributed by atoms with E-state index in [-0.39, 0.29) is 43.9 Å². The Kier molecular flexibility index (Phi) is 11.3. The number of nitrogens with one attached hydrogen (secondary N) is 1. The van der Waals surface area contributed by atoms with Gasteiger partial charge < -0.3 is 25.0 Å². The molecule has 0 fully saturated rings. The van der Waals surface area contributed by atoms with E-state index in [2.05, 4.69) is 5.32 Å². The third-order valence-electron chi connectivity index (χ3n) is 5.10. The van der Waals surface area contributed by atoms with E-state index in [1.54, 1.807) is 43.3 Å². The highest BCUT2D eigenvalue weighted by molar-refractivity contribution is 5.84. The number of ether oxygens (including phenoxy) is 2. The fraction of sp³-hybridized carbons (Fsp3) is 0.385. The summed E-state index contributed by atoms with van der Waals surface area (Å²) in [4.78, 5) is 47.1. The van der Waals surface area contributed by atoms with Crippen LogP contribution >= 0.6 is 0 Å². The van der Waals surface area contributed by atoms with Gasteiger partial charge in [0.1, 0.15) is 17.5 Å². The first-order valence-corrected chi connectivity index (χ1v) is 11.5. The molecule has 2 aromatic carbocycles. The Morgan fingerprint density at radius 3 is 2.14 bits per heavy atom. The van der Waals surface area contributed by atoms with E-state index in [9.17, 15) is 24.3 Å². The van der Waals surface area contributed by atoms with Crippen LogP contribution in [0.25, 0.3) is 0 Å². The second-order valence-corrected chi connectivity index (χ2v) is 7.96. The maximum absolute atomic E-state index is 12.5. The number of aromatic hydroxyl groups is 1. The highest BCUT2D eigenvalue weighted by atomic mass is 16.5. The lowest BCUT2D eigenvalue weighted by molar-refractivity contribution is -0.147. The van der Waals surface area contributed by atoms with Crippen LogP contribution in [0.15, 0.2) is 48.5 Å². The minimum atomic E-state index is -0.892. The quantitative estimate of drug-likeness (QED) is 0.211. The number of amides is 1. The molecule has 1 atom stereocenters. The summed E-state index contributed by atoms with van der Waals surface area (Å²) in [5, 5.41) is 20.8. The molecule has 0 aliphatic carbocycles. The van der Waals surface area contributed by atoms with E-state index in [0.29, 0.717) is 25.0 Å². The summed E-state index contributed by atoms with van der Waals surface area (Å²) in [6.45, 7) is 1.89. The zero-order valence-electron chi connectivity index (χ0n) is 19.7. The zero-order valence-corrected chi connectivity index (χ0v) is 19.7. The molecule has 0 aliphatic rings. The number of benzene rings is 2. The van der Waals surface area contributed by atoms with Crippen molar-refractivity contribution in [3.63, 3.8) is 0 Å². The van der Waals surface area contributed by atoms with Crippen LogP contribution < -0.4 is 10.1 Å². The van der Waals surface area contributed by atoms with Gasteiger partial charge in [0.25, 0.3) is 0 Å². The molecule has 0 aromatic heterocycles. The molecule has 0 heterocycles. The lowest BCUT2D eigenvalue weighted by atomic mass is 10.0. The smallest absolute Gasteiger partial charge is 0.328 e. The van der Waals surface area contributed by atoms with E-state index in [4.69, 9.17) is 14.6 Å².